The van der Waals surface area contributed by atoms with Gasteiger partial charge in [0, 0.05) is 16.8 Å². The first-order valence-electron chi connectivity index (χ1n) is 6.37. The molecule has 0 aliphatic carbocycles. The van der Waals surface area contributed by atoms with Crippen molar-refractivity contribution in [1.29, 1.82) is 0 Å². The molecule has 0 aliphatic heterocycles. The van der Waals surface area contributed by atoms with Gasteiger partial charge in [0.15, 0.2) is 0 Å². The Balaban J connectivity index is 2.26. The Labute approximate surface area is 128 Å². The Kier molecular flexibility index (Phi) is 4.55. The second-order valence-corrected chi connectivity index (χ2v) is 5.02. The highest BCUT2D eigenvalue weighted by Gasteiger charge is 2.10. The molecule has 3 N–H and O–H groups in total. The molecule has 5 heteroatoms. The van der Waals surface area contributed by atoms with Crippen LogP contribution in [-0.4, -0.2) is 18.0 Å². The van der Waals surface area contributed by atoms with Gasteiger partial charge in [-0.1, -0.05) is 30.4 Å². The lowest BCUT2D eigenvalue weighted by molar-refractivity contribution is 0.102. The van der Waals surface area contributed by atoms with Gasteiger partial charge in [-0.25, -0.2) is 0 Å². The van der Waals surface area contributed by atoms with Crippen LogP contribution in [0.1, 0.15) is 21.5 Å². The number of hydrogen-bond donors (Lipinski definition) is 2. The van der Waals surface area contributed by atoms with Crippen LogP contribution in [0.25, 0.3) is 0 Å². The van der Waals surface area contributed by atoms with Crippen LogP contribution in [0.4, 0.5) is 5.69 Å². The number of methoxy groups -OCH3 is 1. The number of amides is 1. The van der Waals surface area contributed by atoms with Crippen LogP contribution in [0.5, 0.6) is 5.75 Å². The van der Waals surface area contributed by atoms with E-state index in [1.54, 1.807) is 37.4 Å². The predicted molar refractivity (Wildman–Crippen MR) is 88.0 cm³/mol. The number of nitrogens with two attached hydrogens (primary N) is 1. The fourth-order valence-corrected chi connectivity index (χ4v) is 2.00. The summed E-state index contributed by atoms with van der Waals surface area (Å²) in [5.41, 5.74) is 8.48. The fourth-order valence-electron chi connectivity index (χ4n) is 1.87. The van der Waals surface area contributed by atoms with Gasteiger partial charge in [-0.15, -0.1) is 0 Å². The molecular formula is C16H16N2O2S. The van der Waals surface area contributed by atoms with Crippen molar-refractivity contribution < 1.29 is 9.53 Å². The summed E-state index contributed by atoms with van der Waals surface area (Å²) >= 11 is 4.95. The summed E-state index contributed by atoms with van der Waals surface area (Å²) in [4.78, 5) is 12.6. The van der Waals surface area contributed by atoms with Crippen LogP contribution in [-0.2, 0) is 0 Å². The summed E-state index contributed by atoms with van der Waals surface area (Å²) in [5.74, 6) is 0.424. The Morgan fingerprint density at radius 2 is 1.95 bits per heavy atom. The number of carbonyl (C=O) groups excluding carboxylic acids is 1. The molecule has 0 bridgehead atoms. The van der Waals surface area contributed by atoms with Gasteiger partial charge in [-0.2, -0.15) is 0 Å². The minimum absolute atomic E-state index is 0.211. The van der Waals surface area contributed by atoms with Crippen molar-refractivity contribution >= 4 is 28.8 Å². The molecule has 0 aromatic heterocycles. The van der Waals surface area contributed by atoms with E-state index in [1.807, 2.05) is 19.1 Å². The maximum atomic E-state index is 12.3. The molecule has 108 valence electrons. The average molecular weight is 300 g/mol. The number of benzene rings is 2. The van der Waals surface area contributed by atoms with Crippen molar-refractivity contribution in [2.24, 2.45) is 5.73 Å². The number of anilines is 1. The lowest BCUT2D eigenvalue weighted by Crippen LogP contribution is -2.15. The quantitative estimate of drug-likeness (QED) is 0.852. The average Bonchev–Trinajstić information content (AvgIpc) is 2.49. The zero-order chi connectivity index (χ0) is 15.4. The summed E-state index contributed by atoms with van der Waals surface area (Å²) in [5, 5.41) is 2.86. The summed E-state index contributed by atoms with van der Waals surface area (Å²) in [6.07, 6.45) is 0. The third-order valence-corrected chi connectivity index (χ3v) is 3.34. The number of rotatable bonds is 4. The van der Waals surface area contributed by atoms with Crippen molar-refractivity contribution in [3.05, 3.63) is 59.2 Å². The molecular weight excluding hydrogens is 284 g/mol. The van der Waals surface area contributed by atoms with E-state index in [4.69, 9.17) is 22.7 Å². The molecule has 1 amide bonds. The minimum Gasteiger partial charge on any atom is -0.497 e. The Morgan fingerprint density at radius 3 is 2.62 bits per heavy atom. The molecule has 0 atom stereocenters. The normalized spacial score (nSPS) is 10.0. The van der Waals surface area contributed by atoms with E-state index in [2.05, 4.69) is 5.32 Å². The van der Waals surface area contributed by atoms with E-state index in [-0.39, 0.29) is 5.91 Å². The van der Waals surface area contributed by atoms with Crippen molar-refractivity contribution in [2.75, 3.05) is 12.4 Å². The summed E-state index contributed by atoms with van der Waals surface area (Å²) in [7, 11) is 1.56. The fraction of sp³-hybridized carbons (Fsp3) is 0.125. The van der Waals surface area contributed by atoms with E-state index in [9.17, 15) is 4.79 Å². The molecule has 0 saturated heterocycles. The number of thiocarbonyl (C=S) groups is 1. The van der Waals surface area contributed by atoms with Crippen LogP contribution in [0.2, 0.25) is 0 Å². The molecule has 0 aliphatic rings. The van der Waals surface area contributed by atoms with Gasteiger partial charge in [-0.3, -0.25) is 4.79 Å². The summed E-state index contributed by atoms with van der Waals surface area (Å²) < 4.78 is 5.12. The largest absolute Gasteiger partial charge is 0.497 e. The molecule has 0 spiro atoms. The first-order valence-corrected chi connectivity index (χ1v) is 6.78. The number of hydrogen-bond acceptors (Lipinski definition) is 3. The van der Waals surface area contributed by atoms with Gasteiger partial charge in [0.2, 0.25) is 0 Å². The lowest BCUT2D eigenvalue weighted by Gasteiger charge is -2.11. The highest BCUT2D eigenvalue weighted by atomic mass is 32.1. The Morgan fingerprint density at radius 1 is 1.19 bits per heavy atom. The van der Waals surface area contributed by atoms with Crippen molar-refractivity contribution in [2.45, 2.75) is 6.92 Å². The topological polar surface area (TPSA) is 64.3 Å². The molecule has 21 heavy (non-hydrogen) atoms. The van der Waals surface area contributed by atoms with Crippen LogP contribution < -0.4 is 15.8 Å². The smallest absolute Gasteiger partial charge is 0.255 e. The van der Waals surface area contributed by atoms with Crippen molar-refractivity contribution in [3.63, 3.8) is 0 Å². The lowest BCUT2D eigenvalue weighted by atomic mass is 10.1. The predicted octanol–water partition coefficient (Wildman–Crippen LogP) is 2.89. The summed E-state index contributed by atoms with van der Waals surface area (Å²) in [6, 6.07) is 12.4. The van der Waals surface area contributed by atoms with Gasteiger partial charge in [0.25, 0.3) is 5.91 Å². The maximum Gasteiger partial charge on any atom is 0.255 e. The second kappa shape index (κ2) is 6.37. The number of ether oxygens (including phenoxy) is 1. The highest BCUT2D eigenvalue weighted by molar-refractivity contribution is 7.80. The van der Waals surface area contributed by atoms with E-state index in [0.717, 1.165) is 11.1 Å². The minimum atomic E-state index is -0.211. The van der Waals surface area contributed by atoms with E-state index in [0.29, 0.717) is 22.0 Å². The molecule has 0 heterocycles. The number of carbonyl (C=O) groups is 1. The van der Waals surface area contributed by atoms with Crippen molar-refractivity contribution in [1.82, 2.24) is 0 Å². The second-order valence-electron chi connectivity index (χ2n) is 4.58. The van der Waals surface area contributed by atoms with E-state index in [1.165, 1.54) is 0 Å². The van der Waals surface area contributed by atoms with Gasteiger partial charge < -0.3 is 15.8 Å². The van der Waals surface area contributed by atoms with Crippen LogP contribution >= 0.6 is 12.2 Å². The van der Waals surface area contributed by atoms with Gasteiger partial charge >= 0.3 is 0 Å². The third-order valence-electron chi connectivity index (χ3n) is 3.10. The maximum absolute atomic E-state index is 12.3. The first kappa shape index (κ1) is 15.0. The molecule has 0 unspecified atom stereocenters. The van der Waals surface area contributed by atoms with E-state index >= 15 is 0 Å². The zero-order valence-electron chi connectivity index (χ0n) is 11.8. The Hall–Kier alpha value is -2.40. The monoisotopic (exact) mass is 300 g/mol. The number of aryl methyl sites for hydroxylation is 1. The van der Waals surface area contributed by atoms with Crippen LogP contribution in [0.15, 0.2) is 42.5 Å². The molecule has 0 fully saturated rings. The number of nitrogens with one attached hydrogen (secondary N) is 1. The molecule has 0 radical (unpaired) electrons. The molecule has 2 rings (SSSR count). The molecule has 2 aromatic rings. The van der Waals surface area contributed by atoms with Gasteiger partial charge in [-0.05, 0) is 36.8 Å². The molecule has 2 aromatic carbocycles. The van der Waals surface area contributed by atoms with Gasteiger partial charge in [0.05, 0.1) is 7.11 Å². The zero-order valence-corrected chi connectivity index (χ0v) is 12.7. The van der Waals surface area contributed by atoms with E-state index < -0.39 is 0 Å². The van der Waals surface area contributed by atoms with Crippen LogP contribution in [0, 0.1) is 6.92 Å². The SMILES string of the molecule is COc1cccc(C(=O)Nc2cc(C(N)=S)ccc2C)c1. The summed E-state index contributed by atoms with van der Waals surface area (Å²) in [6.45, 7) is 1.91. The Bertz CT molecular complexity index is 698. The molecule has 0 saturated carbocycles. The van der Waals surface area contributed by atoms with Crippen LogP contribution in [0.3, 0.4) is 0 Å². The third kappa shape index (κ3) is 3.58. The molecule has 4 nitrogen and oxygen atoms in total. The standard InChI is InChI=1S/C16H16N2O2S/c1-10-6-7-11(15(17)21)9-14(10)18-16(19)12-4-3-5-13(8-12)20-2/h3-9H,1-2H3,(H2,17,21)(H,18,19). The van der Waals surface area contributed by atoms with Gasteiger partial charge in [0.1, 0.15) is 10.7 Å². The van der Waals surface area contributed by atoms with Crippen molar-refractivity contribution in [3.8, 4) is 5.75 Å². The highest BCUT2D eigenvalue weighted by Crippen LogP contribution is 2.19. The first-order chi connectivity index (χ1) is 10.0.